The summed E-state index contributed by atoms with van der Waals surface area (Å²) in [6.45, 7) is 8.23. The van der Waals surface area contributed by atoms with Crippen LogP contribution < -0.4 is 0 Å². The molecule has 1 aromatic heterocycles. The van der Waals surface area contributed by atoms with E-state index in [0.29, 0.717) is 19.6 Å². The van der Waals surface area contributed by atoms with Gasteiger partial charge in [-0.15, -0.1) is 0 Å². The Morgan fingerprint density at radius 2 is 1.85 bits per heavy atom. The lowest BCUT2D eigenvalue weighted by Gasteiger charge is -2.25. The molecule has 2 aliphatic heterocycles. The second kappa shape index (κ2) is 6.52. The number of likely N-dealkylation sites (tertiary alicyclic amines) is 2. The van der Waals surface area contributed by atoms with Crippen molar-refractivity contribution in [2.75, 3.05) is 26.2 Å². The van der Waals surface area contributed by atoms with E-state index >= 15 is 0 Å². The first kappa shape index (κ1) is 17.2. The Hall–Kier alpha value is -2.18. The van der Waals surface area contributed by atoms with Crippen LogP contribution in [0.1, 0.15) is 22.6 Å². The maximum Gasteiger partial charge on any atom is 0.312 e. The highest BCUT2D eigenvalue weighted by molar-refractivity contribution is 5.77. The number of carboxylic acids is 1. The third kappa shape index (κ3) is 2.93. The Kier molecular flexibility index (Phi) is 4.32. The van der Waals surface area contributed by atoms with Crippen LogP contribution in [0.3, 0.4) is 0 Å². The molecular weight excluding hydrogens is 330 g/mol. The molecule has 0 bridgehead atoms. The fourth-order valence-corrected chi connectivity index (χ4v) is 4.61. The van der Waals surface area contributed by atoms with E-state index in [9.17, 15) is 9.90 Å². The van der Waals surface area contributed by atoms with Crippen LogP contribution in [0.4, 0.5) is 0 Å². The van der Waals surface area contributed by atoms with Crippen LogP contribution >= 0.6 is 0 Å². The quantitative estimate of drug-likeness (QED) is 0.888. The monoisotopic (exact) mass is 355 g/mol. The second-order valence-electron chi connectivity index (χ2n) is 7.79. The average Bonchev–Trinajstić information content (AvgIpc) is 3.22. The van der Waals surface area contributed by atoms with E-state index in [4.69, 9.17) is 4.52 Å². The van der Waals surface area contributed by atoms with Gasteiger partial charge in [-0.05, 0) is 19.4 Å². The largest absolute Gasteiger partial charge is 0.481 e. The molecule has 3 heterocycles. The van der Waals surface area contributed by atoms with E-state index in [2.05, 4.69) is 27.1 Å². The number of carbonyl (C=O) groups is 1. The van der Waals surface area contributed by atoms with E-state index in [1.54, 1.807) is 0 Å². The van der Waals surface area contributed by atoms with Gasteiger partial charge in [0.25, 0.3) is 0 Å². The van der Waals surface area contributed by atoms with Crippen LogP contribution in [-0.4, -0.2) is 52.2 Å². The Morgan fingerprint density at radius 3 is 2.38 bits per heavy atom. The number of fused-ring (bicyclic) bond motifs is 1. The van der Waals surface area contributed by atoms with Gasteiger partial charge in [0.2, 0.25) is 0 Å². The lowest BCUT2D eigenvalue weighted by atomic mass is 9.81. The summed E-state index contributed by atoms with van der Waals surface area (Å²) in [7, 11) is 0. The molecule has 0 saturated carbocycles. The average molecular weight is 355 g/mol. The summed E-state index contributed by atoms with van der Waals surface area (Å²) in [5.41, 5.74) is 2.55. The van der Waals surface area contributed by atoms with E-state index in [0.717, 1.165) is 36.7 Å². The molecule has 0 aliphatic carbocycles. The van der Waals surface area contributed by atoms with Gasteiger partial charge >= 0.3 is 5.97 Å². The number of aliphatic carboxylic acids is 1. The summed E-state index contributed by atoms with van der Waals surface area (Å²) in [5.74, 6) is 0.318. The highest BCUT2D eigenvalue weighted by atomic mass is 16.5. The predicted molar refractivity (Wildman–Crippen MR) is 96.5 cm³/mol. The molecule has 1 N–H and O–H groups in total. The standard InChI is InChI=1S/C20H25N3O3/c1-14-18(15(2)26-21-14)11-23-10-17-9-22(8-16-6-4-3-5-7-16)12-20(17,13-23)19(24)25/h3-7,17H,8-13H2,1-2H3,(H,24,25)/t17-,20-/m1/s1. The molecule has 2 aliphatic rings. The third-order valence-electron chi connectivity index (χ3n) is 5.99. The Balaban J connectivity index is 1.48. The number of hydrogen-bond donors (Lipinski definition) is 1. The number of nitrogens with zero attached hydrogens (tertiary/aromatic N) is 3. The van der Waals surface area contributed by atoms with Crippen LogP contribution in [0.25, 0.3) is 0 Å². The van der Waals surface area contributed by atoms with Gasteiger partial charge < -0.3 is 9.63 Å². The maximum atomic E-state index is 12.2. The molecule has 0 amide bonds. The lowest BCUT2D eigenvalue weighted by Crippen LogP contribution is -2.40. The summed E-state index contributed by atoms with van der Waals surface area (Å²) in [6, 6.07) is 10.3. The lowest BCUT2D eigenvalue weighted by molar-refractivity contribution is -0.149. The zero-order valence-corrected chi connectivity index (χ0v) is 15.3. The van der Waals surface area contributed by atoms with Crippen molar-refractivity contribution in [3.8, 4) is 0 Å². The fraction of sp³-hybridized carbons (Fsp3) is 0.500. The number of benzene rings is 1. The van der Waals surface area contributed by atoms with Crippen molar-refractivity contribution in [2.24, 2.45) is 11.3 Å². The summed E-state index contributed by atoms with van der Waals surface area (Å²) in [5, 5.41) is 14.0. The molecule has 26 heavy (non-hydrogen) atoms. The van der Waals surface area contributed by atoms with Gasteiger partial charge in [0, 0.05) is 50.7 Å². The molecule has 0 radical (unpaired) electrons. The number of aromatic nitrogens is 1. The smallest absolute Gasteiger partial charge is 0.312 e. The Morgan fingerprint density at radius 1 is 1.19 bits per heavy atom. The van der Waals surface area contributed by atoms with Gasteiger partial charge in [0.05, 0.1) is 11.1 Å². The summed E-state index contributed by atoms with van der Waals surface area (Å²) < 4.78 is 5.25. The normalized spacial score (nSPS) is 26.3. The van der Waals surface area contributed by atoms with Crippen molar-refractivity contribution < 1.29 is 14.4 Å². The highest BCUT2D eigenvalue weighted by Gasteiger charge is 2.57. The predicted octanol–water partition coefficient (Wildman–Crippen LogP) is 2.31. The van der Waals surface area contributed by atoms with Gasteiger partial charge in [-0.3, -0.25) is 14.6 Å². The second-order valence-corrected chi connectivity index (χ2v) is 7.79. The Bertz CT molecular complexity index is 784. The van der Waals surface area contributed by atoms with E-state index in [1.807, 2.05) is 32.0 Å². The Labute approximate surface area is 153 Å². The SMILES string of the molecule is Cc1noc(C)c1CN1C[C@H]2CN(Cc3ccccc3)C[C@@]2(C(=O)O)C1. The van der Waals surface area contributed by atoms with E-state index < -0.39 is 11.4 Å². The molecule has 2 atom stereocenters. The molecular formula is C20H25N3O3. The van der Waals surface area contributed by atoms with Gasteiger partial charge in [-0.2, -0.15) is 0 Å². The minimum Gasteiger partial charge on any atom is -0.481 e. The zero-order valence-electron chi connectivity index (χ0n) is 15.3. The number of carboxylic acid groups (broad SMARTS) is 1. The van der Waals surface area contributed by atoms with Crippen LogP contribution in [0.15, 0.2) is 34.9 Å². The van der Waals surface area contributed by atoms with E-state index in [-0.39, 0.29) is 5.92 Å². The van der Waals surface area contributed by atoms with Crippen LogP contribution in [0.2, 0.25) is 0 Å². The molecule has 4 rings (SSSR count). The first-order valence-electron chi connectivity index (χ1n) is 9.12. The van der Waals surface area contributed by atoms with Crippen LogP contribution in [0, 0.1) is 25.2 Å². The highest BCUT2D eigenvalue weighted by Crippen LogP contribution is 2.43. The van der Waals surface area contributed by atoms with Crippen molar-refractivity contribution in [1.82, 2.24) is 15.0 Å². The first-order chi connectivity index (χ1) is 12.5. The minimum absolute atomic E-state index is 0.157. The molecule has 2 saturated heterocycles. The molecule has 0 spiro atoms. The third-order valence-corrected chi connectivity index (χ3v) is 5.99. The van der Waals surface area contributed by atoms with Gasteiger partial charge in [0.1, 0.15) is 5.76 Å². The molecule has 0 unspecified atom stereocenters. The number of rotatable bonds is 5. The van der Waals surface area contributed by atoms with Crippen LogP contribution in [-0.2, 0) is 17.9 Å². The molecule has 6 heteroatoms. The summed E-state index contributed by atoms with van der Waals surface area (Å²) in [4.78, 5) is 16.7. The van der Waals surface area contributed by atoms with E-state index in [1.165, 1.54) is 5.56 Å². The fourth-order valence-electron chi connectivity index (χ4n) is 4.61. The minimum atomic E-state index is -0.673. The molecule has 1 aromatic carbocycles. The molecule has 2 fully saturated rings. The molecule has 2 aromatic rings. The van der Waals surface area contributed by atoms with Gasteiger partial charge in [0.15, 0.2) is 0 Å². The van der Waals surface area contributed by atoms with Crippen molar-refractivity contribution in [2.45, 2.75) is 26.9 Å². The van der Waals surface area contributed by atoms with Crippen molar-refractivity contribution in [3.05, 3.63) is 52.9 Å². The van der Waals surface area contributed by atoms with Crippen molar-refractivity contribution in [1.29, 1.82) is 0 Å². The number of aryl methyl sites for hydroxylation is 2. The van der Waals surface area contributed by atoms with Crippen molar-refractivity contribution >= 4 is 5.97 Å². The van der Waals surface area contributed by atoms with Crippen molar-refractivity contribution in [3.63, 3.8) is 0 Å². The molecule has 6 nitrogen and oxygen atoms in total. The van der Waals surface area contributed by atoms with Crippen LogP contribution in [0.5, 0.6) is 0 Å². The summed E-state index contributed by atoms with van der Waals surface area (Å²) in [6.07, 6.45) is 0. The topological polar surface area (TPSA) is 69.8 Å². The maximum absolute atomic E-state index is 12.2. The van der Waals surface area contributed by atoms with Gasteiger partial charge in [-0.1, -0.05) is 35.5 Å². The summed E-state index contributed by atoms with van der Waals surface area (Å²) >= 11 is 0. The first-order valence-corrected chi connectivity index (χ1v) is 9.12. The van der Waals surface area contributed by atoms with Gasteiger partial charge in [-0.25, -0.2) is 0 Å². The zero-order chi connectivity index (χ0) is 18.3. The number of hydrogen-bond acceptors (Lipinski definition) is 5. The molecule has 138 valence electrons.